The van der Waals surface area contributed by atoms with E-state index in [1.54, 1.807) is 6.07 Å². The molecule has 0 aliphatic carbocycles. The average Bonchev–Trinajstić information content (AvgIpc) is 2.79. The van der Waals surface area contributed by atoms with E-state index >= 15 is 0 Å². The molecule has 1 saturated heterocycles. The highest BCUT2D eigenvalue weighted by Crippen LogP contribution is 2.38. The molecular formula is C16H18F3N3S. The van der Waals surface area contributed by atoms with E-state index in [4.69, 9.17) is 5.26 Å². The lowest BCUT2D eigenvalue weighted by Crippen LogP contribution is -2.31. The SMILES string of the molecule is CC(C)CC1CSC(=Nc2ccc(C#N)cc2C(F)(F)F)N1C. The van der Waals surface area contributed by atoms with Crippen LogP contribution in [0.3, 0.4) is 0 Å². The smallest absolute Gasteiger partial charge is 0.350 e. The summed E-state index contributed by atoms with van der Waals surface area (Å²) in [4.78, 5) is 6.16. The van der Waals surface area contributed by atoms with Crippen LogP contribution in [0.15, 0.2) is 23.2 Å². The highest BCUT2D eigenvalue weighted by Gasteiger charge is 2.35. The molecule has 0 spiro atoms. The van der Waals surface area contributed by atoms with E-state index in [1.807, 2.05) is 11.9 Å². The van der Waals surface area contributed by atoms with Crippen molar-refractivity contribution in [3.63, 3.8) is 0 Å². The van der Waals surface area contributed by atoms with Gasteiger partial charge >= 0.3 is 6.18 Å². The molecule has 1 unspecified atom stereocenters. The summed E-state index contributed by atoms with van der Waals surface area (Å²) in [5.41, 5.74) is -1.03. The highest BCUT2D eigenvalue weighted by molar-refractivity contribution is 8.14. The number of hydrogen-bond acceptors (Lipinski definition) is 3. The van der Waals surface area contributed by atoms with Gasteiger partial charge in [-0.25, -0.2) is 4.99 Å². The number of alkyl halides is 3. The van der Waals surface area contributed by atoms with Gasteiger partial charge in [-0.1, -0.05) is 25.6 Å². The lowest BCUT2D eigenvalue weighted by Gasteiger charge is -2.22. The summed E-state index contributed by atoms with van der Waals surface area (Å²) in [5.74, 6) is 1.34. The molecular weight excluding hydrogens is 323 g/mol. The second kappa shape index (κ2) is 6.83. The molecule has 0 radical (unpaired) electrons. The van der Waals surface area contributed by atoms with Gasteiger partial charge in [0.25, 0.3) is 0 Å². The van der Waals surface area contributed by atoms with E-state index in [0.717, 1.165) is 18.2 Å². The van der Waals surface area contributed by atoms with Crippen molar-refractivity contribution in [2.24, 2.45) is 10.9 Å². The third-order valence-corrected chi connectivity index (χ3v) is 4.83. The van der Waals surface area contributed by atoms with Crippen molar-refractivity contribution < 1.29 is 13.2 Å². The third kappa shape index (κ3) is 4.20. The first-order valence-corrected chi connectivity index (χ1v) is 8.26. The first kappa shape index (κ1) is 17.7. The number of hydrogen-bond donors (Lipinski definition) is 0. The van der Waals surface area contributed by atoms with Crippen LogP contribution in [0.5, 0.6) is 0 Å². The number of thioether (sulfide) groups is 1. The molecule has 1 aliphatic rings. The topological polar surface area (TPSA) is 39.4 Å². The molecule has 1 aromatic rings. The second-order valence-electron chi connectivity index (χ2n) is 5.94. The Labute approximate surface area is 138 Å². The highest BCUT2D eigenvalue weighted by atomic mass is 32.2. The minimum absolute atomic E-state index is 0.0219. The zero-order valence-electron chi connectivity index (χ0n) is 13.2. The van der Waals surface area contributed by atoms with Crippen molar-refractivity contribution in [3.05, 3.63) is 29.3 Å². The van der Waals surface area contributed by atoms with Crippen LogP contribution in [0.25, 0.3) is 0 Å². The fourth-order valence-corrected chi connectivity index (χ4v) is 3.67. The molecule has 0 bridgehead atoms. The van der Waals surface area contributed by atoms with Crippen LogP contribution in [-0.2, 0) is 6.18 Å². The molecule has 2 rings (SSSR count). The molecule has 1 aliphatic heterocycles. The number of rotatable bonds is 3. The number of nitriles is 1. The number of halogens is 3. The number of aliphatic imine (C=N–C) groups is 1. The molecule has 0 N–H and O–H groups in total. The van der Waals surface area contributed by atoms with Crippen LogP contribution < -0.4 is 0 Å². The fraction of sp³-hybridized carbons (Fsp3) is 0.500. The Morgan fingerprint density at radius 3 is 2.70 bits per heavy atom. The lowest BCUT2D eigenvalue weighted by molar-refractivity contribution is -0.137. The Morgan fingerprint density at radius 2 is 2.13 bits per heavy atom. The van der Waals surface area contributed by atoms with E-state index in [0.29, 0.717) is 11.1 Å². The molecule has 0 amide bonds. The minimum Gasteiger partial charge on any atom is -0.350 e. The summed E-state index contributed by atoms with van der Waals surface area (Å²) in [6.07, 6.45) is -3.56. The molecule has 0 aromatic heterocycles. The van der Waals surface area contributed by atoms with Gasteiger partial charge in [0, 0.05) is 18.8 Å². The zero-order chi connectivity index (χ0) is 17.2. The van der Waals surface area contributed by atoms with Gasteiger partial charge in [-0.3, -0.25) is 0 Å². The van der Waals surface area contributed by atoms with Crippen LogP contribution >= 0.6 is 11.8 Å². The predicted octanol–water partition coefficient (Wildman–Crippen LogP) is 4.66. The Morgan fingerprint density at radius 1 is 1.43 bits per heavy atom. The van der Waals surface area contributed by atoms with Crippen molar-refractivity contribution >= 4 is 22.6 Å². The fourth-order valence-electron chi connectivity index (χ4n) is 2.46. The quantitative estimate of drug-likeness (QED) is 0.803. The van der Waals surface area contributed by atoms with Crippen LogP contribution in [0.4, 0.5) is 18.9 Å². The van der Waals surface area contributed by atoms with E-state index in [-0.39, 0.29) is 17.3 Å². The van der Waals surface area contributed by atoms with E-state index in [9.17, 15) is 13.2 Å². The van der Waals surface area contributed by atoms with Gasteiger partial charge in [0.2, 0.25) is 0 Å². The summed E-state index contributed by atoms with van der Waals surface area (Å²) < 4.78 is 39.6. The van der Waals surface area contributed by atoms with Crippen LogP contribution in [-0.4, -0.2) is 28.9 Å². The van der Waals surface area contributed by atoms with Crippen molar-refractivity contribution in [2.45, 2.75) is 32.5 Å². The van der Waals surface area contributed by atoms with Gasteiger partial charge in [-0.2, -0.15) is 18.4 Å². The van der Waals surface area contributed by atoms with E-state index < -0.39 is 11.7 Å². The van der Waals surface area contributed by atoms with Crippen molar-refractivity contribution in [2.75, 3.05) is 12.8 Å². The monoisotopic (exact) mass is 341 g/mol. The molecule has 3 nitrogen and oxygen atoms in total. The Balaban J connectivity index is 2.35. The maximum Gasteiger partial charge on any atom is 0.418 e. The van der Waals surface area contributed by atoms with Crippen LogP contribution in [0.1, 0.15) is 31.4 Å². The lowest BCUT2D eigenvalue weighted by atomic mass is 10.0. The number of amidine groups is 1. The first-order valence-electron chi connectivity index (χ1n) is 7.28. The van der Waals surface area contributed by atoms with Crippen molar-refractivity contribution in [1.82, 2.24) is 4.90 Å². The molecule has 1 atom stereocenters. The Kier molecular flexibility index (Phi) is 5.25. The Hall–Kier alpha value is -1.68. The van der Waals surface area contributed by atoms with Gasteiger partial charge in [-0.15, -0.1) is 0 Å². The van der Waals surface area contributed by atoms with Gasteiger partial charge in [0.05, 0.1) is 22.9 Å². The predicted molar refractivity (Wildman–Crippen MR) is 86.7 cm³/mol. The van der Waals surface area contributed by atoms with Gasteiger partial charge in [0.1, 0.15) is 0 Å². The van der Waals surface area contributed by atoms with Crippen LogP contribution in [0, 0.1) is 17.2 Å². The zero-order valence-corrected chi connectivity index (χ0v) is 14.0. The second-order valence-corrected chi connectivity index (χ2v) is 6.93. The van der Waals surface area contributed by atoms with E-state index in [1.165, 1.54) is 23.9 Å². The third-order valence-electron chi connectivity index (χ3n) is 3.64. The number of benzene rings is 1. The first-order chi connectivity index (χ1) is 10.7. The molecule has 1 aromatic carbocycles. The van der Waals surface area contributed by atoms with Crippen molar-refractivity contribution in [3.8, 4) is 6.07 Å². The summed E-state index contributed by atoms with van der Waals surface area (Å²) >= 11 is 1.47. The summed E-state index contributed by atoms with van der Waals surface area (Å²) in [6, 6.07) is 5.49. The minimum atomic E-state index is -4.54. The largest absolute Gasteiger partial charge is 0.418 e. The van der Waals surface area contributed by atoms with Gasteiger partial charge in [0.15, 0.2) is 5.17 Å². The molecule has 23 heavy (non-hydrogen) atoms. The maximum atomic E-state index is 13.2. The van der Waals surface area contributed by atoms with Crippen LogP contribution in [0.2, 0.25) is 0 Å². The van der Waals surface area contributed by atoms with Crippen molar-refractivity contribution in [1.29, 1.82) is 5.26 Å². The van der Waals surface area contributed by atoms with E-state index in [2.05, 4.69) is 18.8 Å². The normalized spacial score (nSPS) is 20.3. The summed E-state index contributed by atoms with van der Waals surface area (Å²) in [5, 5.41) is 9.39. The maximum absolute atomic E-state index is 13.2. The van der Waals surface area contributed by atoms with Gasteiger partial charge < -0.3 is 4.90 Å². The number of nitrogens with zero attached hydrogens (tertiary/aromatic N) is 3. The molecule has 1 heterocycles. The average molecular weight is 341 g/mol. The van der Waals surface area contributed by atoms with Gasteiger partial charge in [-0.05, 0) is 30.5 Å². The molecule has 124 valence electrons. The molecule has 0 saturated carbocycles. The molecule has 1 fully saturated rings. The summed E-state index contributed by atoms with van der Waals surface area (Å²) in [7, 11) is 1.86. The standard InChI is InChI=1S/C16H18F3N3S/c1-10(2)6-12-9-23-15(22(12)3)21-14-5-4-11(8-20)7-13(14)16(17,18)19/h4-5,7,10,12H,6,9H2,1-3H3. The summed E-state index contributed by atoms with van der Waals surface area (Å²) in [6.45, 7) is 4.24. The Bertz CT molecular complexity index is 647. The molecule has 7 heteroatoms.